The van der Waals surface area contributed by atoms with Crippen LogP contribution in [-0.2, 0) is 6.54 Å². The van der Waals surface area contributed by atoms with Crippen LogP contribution >= 0.6 is 0 Å². The number of aliphatic hydroxyl groups is 1. The SMILES string of the molecule is OCCCCCCC[n+]1ccoc1. The van der Waals surface area contributed by atoms with Gasteiger partial charge in [-0.3, -0.25) is 0 Å². The van der Waals surface area contributed by atoms with E-state index >= 15 is 0 Å². The molecule has 1 rings (SSSR count). The normalized spacial score (nSPS) is 10.5. The van der Waals surface area contributed by atoms with Crippen molar-refractivity contribution in [3.8, 4) is 0 Å². The molecular formula is C10H18NO2+. The van der Waals surface area contributed by atoms with Crippen molar-refractivity contribution in [1.29, 1.82) is 0 Å². The molecule has 0 aliphatic heterocycles. The lowest BCUT2D eigenvalue weighted by molar-refractivity contribution is -0.700. The highest BCUT2D eigenvalue weighted by atomic mass is 16.3. The molecular weight excluding hydrogens is 166 g/mol. The Labute approximate surface area is 79.0 Å². The molecule has 0 saturated heterocycles. The van der Waals surface area contributed by atoms with Gasteiger partial charge in [-0.25, -0.2) is 0 Å². The Bertz CT molecular complexity index is 197. The molecule has 0 atom stereocenters. The van der Waals surface area contributed by atoms with E-state index in [2.05, 4.69) is 0 Å². The van der Waals surface area contributed by atoms with E-state index in [4.69, 9.17) is 9.52 Å². The first-order valence-electron chi connectivity index (χ1n) is 4.95. The summed E-state index contributed by atoms with van der Waals surface area (Å²) in [5, 5.41) is 8.56. The maximum absolute atomic E-state index is 8.56. The lowest BCUT2D eigenvalue weighted by atomic mass is 10.1. The number of aliphatic hydroxyl groups excluding tert-OH is 1. The molecule has 0 spiro atoms. The van der Waals surface area contributed by atoms with E-state index in [1.807, 2.05) is 10.8 Å². The summed E-state index contributed by atoms with van der Waals surface area (Å²) < 4.78 is 6.99. The number of aromatic nitrogens is 1. The number of hydrogen-bond acceptors (Lipinski definition) is 2. The molecule has 0 amide bonds. The average molecular weight is 184 g/mol. The number of aryl methyl sites for hydroxylation is 1. The maximum Gasteiger partial charge on any atom is 0.334 e. The molecule has 3 heteroatoms. The number of oxazole rings is 1. The van der Waals surface area contributed by atoms with Gasteiger partial charge in [0.1, 0.15) is 0 Å². The number of rotatable bonds is 7. The summed E-state index contributed by atoms with van der Waals surface area (Å²) in [6, 6.07) is 0. The van der Waals surface area contributed by atoms with Gasteiger partial charge in [0.15, 0.2) is 12.8 Å². The summed E-state index contributed by atoms with van der Waals surface area (Å²) in [6.07, 6.45) is 11.1. The van der Waals surface area contributed by atoms with Crippen molar-refractivity contribution >= 4 is 0 Å². The zero-order valence-electron chi connectivity index (χ0n) is 7.98. The van der Waals surface area contributed by atoms with Crippen molar-refractivity contribution in [3.63, 3.8) is 0 Å². The highest BCUT2D eigenvalue weighted by molar-refractivity contribution is 4.47. The van der Waals surface area contributed by atoms with E-state index in [9.17, 15) is 0 Å². The molecule has 1 aromatic heterocycles. The fraction of sp³-hybridized carbons (Fsp3) is 0.700. The molecule has 1 heterocycles. The molecule has 3 nitrogen and oxygen atoms in total. The second-order valence-electron chi connectivity index (χ2n) is 3.26. The van der Waals surface area contributed by atoms with E-state index in [0.717, 1.165) is 19.4 Å². The lowest BCUT2D eigenvalue weighted by Crippen LogP contribution is -2.29. The van der Waals surface area contributed by atoms with Crippen molar-refractivity contribution < 1.29 is 14.1 Å². The second kappa shape index (κ2) is 6.66. The van der Waals surface area contributed by atoms with E-state index in [1.54, 1.807) is 12.7 Å². The summed E-state index contributed by atoms with van der Waals surface area (Å²) in [5.41, 5.74) is 0. The van der Waals surface area contributed by atoms with Gasteiger partial charge in [0.2, 0.25) is 6.20 Å². The molecule has 0 fully saturated rings. The van der Waals surface area contributed by atoms with Gasteiger partial charge < -0.3 is 9.52 Å². The predicted octanol–water partition coefficient (Wildman–Crippen LogP) is 1.51. The second-order valence-corrected chi connectivity index (χ2v) is 3.26. The fourth-order valence-electron chi connectivity index (χ4n) is 1.33. The van der Waals surface area contributed by atoms with Crippen molar-refractivity contribution in [1.82, 2.24) is 0 Å². The van der Waals surface area contributed by atoms with Crippen LogP contribution in [-0.4, -0.2) is 11.7 Å². The Hall–Kier alpha value is -0.830. The molecule has 0 radical (unpaired) electrons. The zero-order chi connectivity index (χ0) is 9.36. The Morgan fingerprint density at radius 3 is 2.54 bits per heavy atom. The highest BCUT2D eigenvalue weighted by Crippen LogP contribution is 2.01. The van der Waals surface area contributed by atoms with E-state index < -0.39 is 0 Å². The van der Waals surface area contributed by atoms with Gasteiger partial charge in [-0.05, 0) is 12.8 Å². The van der Waals surface area contributed by atoms with Crippen LogP contribution in [0.4, 0.5) is 0 Å². The fourth-order valence-corrected chi connectivity index (χ4v) is 1.33. The zero-order valence-corrected chi connectivity index (χ0v) is 7.98. The van der Waals surface area contributed by atoms with Crippen LogP contribution in [0.2, 0.25) is 0 Å². The first-order valence-corrected chi connectivity index (χ1v) is 4.95. The van der Waals surface area contributed by atoms with Crippen molar-refractivity contribution in [3.05, 3.63) is 18.9 Å². The average Bonchev–Trinajstić information content (AvgIpc) is 2.63. The van der Waals surface area contributed by atoms with E-state index in [0.29, 0.717) is 6.61 Å². The van der Waals surface area contributed by atoms with Crippen LogP contribution in [0, 0.1) is 0 Å². The summed E-state index contributed by atoms with van der Waals surface area (Å²) in [5.74, 6) is 0. The topological polar surface area (TPSA) is 37.2 Å². The lowest BCUT2D eigenvalue weighted by Gasteiger charge is -1.96. The van der Waals surface area contributed by atoms with Gasteiger partial charge in [0.05, 0.1) is 0 Å². The van der Waals surface area contributed by atoms with E-state index in [-0.39, 0.29) is 0 Å². The summed E-state index contributed by atoms with van der Waals surface area (Å²) >= 11 is 0. The van der Waals surface area contributed by atoms with E-state index in [1.165, 1.54) is 19.3 Å². The molecule has 0 aromatic carbocycles. The molecule has 13 heavy (non-hydrogen) atoms. The molecule has 1 N–H and O–H groups in total. The van der Waals surface area contributed by atoms with Crippen LogP contribution < -0.4 is 4.57 Å². The van der Waals surface area contributed by atoms with Crippen LogP contribution in [0.3, 0.4) is 0 Å². The molecule has 74 valence electrons. The smallest absolute Gasteiger partial charge is 0.334 e. The van der Waals surface area contributed by atoms with Gasteiger partial charge in [-0.1, -0.05) is 12.8 Å². The van der Waals surface area contributed by atoms with Crippen molar-refractivity contribution in [2.75, 3.05) is 6.61 Å². The maximum atomic E-state index is 8.56. The van der Waals surface area contributed by atoms with Gasteiger partial charge in [0, 0.05) is 13.0 Å². The number of nitrogens with zero attached hydrogens (tertiary/aromatic N) is 1. The highest BCUT2D eigenvalue weighted by Gasteiger charge is 1.99. The third-order valence-corrected chi connectivity index (χ3v) is 2.10. The largest absolute Gasteiger partial charge is 0.412 e. The van der Waals surface area contributed by atoms with Crippen LogP contribution in [0.15, 0.2) is 23.3 Å². The Morgan fingerprint density at radius 2 is 1.85 bits per heavy atom. The monoisotopic (exact) mass is 184 g/mol. The van der Waals surface area contributed by atoms with Gasteiger partial charge in [0.25, 0.3) is 0 Å². The van der Waals surface area contributed by atoms with Gasteiger partial charge in [-0.15, -0.1) is 0 Å². The van der Waals surface area contributed by atoms with Crippen LogP contribution in [0.1, 0.15) is 32.1 Å². The van der Waals surface area contributed by atoms with Crippen molar-refractivity contribution in [2.45, 2.75) is 38.6 Å². The summed E-state index contributed by atoms with van der Waals surface area (Å²) in [4.78, 5) is 0. The first-order chi connectivity index (χ1) is 6.43. The molecule has 0 unspecified atom stereocenters. The molecule has 0 saturated carbocycles. The third kappa shape index (κ3) is 4.68. The summed E-state index contributed by atoms with van der Waals surface area (Å²) in [7, 11) is 0. The first kappa shape index (κ1) is 10.3. The minimum absolute atomic E-state index is 0.330. The number of hydrogen-bond donors (Lipinski definition) is 1. The quantitative estimate of drug-likeness (QED) is 0.515. The standard InChI is InChI=1S/C10H18NO2/c12-8-5-3-1-2-4-6-11-7-9-13-10-11/h7,9-10,12H,1-6,8H2/q+1. The van der Waals surface area contributed by atoms with Crippen LogP contribution in [0.25, 0.3) is 0 Å². The molecule has 0 aliphatic carbocycles. The Morgan fingerprint density at radius 1 is 1.08 bits per heavy atom. The minimum atomic E-state index is 0.330. The molecule has 1 aromatic rings. The van der Waals surface area contributed by atoms with Crippen molar-refractivity contribution in [2.24, 2.45) is 0 Å². The number of unbranched alkanes of at least 4 members (excludes halogenated alkanes) is 4. The molecule has 0 bridgehead atoms. The predicted molar refractivity (Wildman–Crippen MR) is 49.1 cm³/mol. The Kier molecular flexibility index (Phi) is 5.25. The van der Waals surface area contributed by atoms with Gasteiger partial charge >= 0.3 is 6.39 Å². The third-order valence-electron chi connectivity index (χ3n) is 2.10. The molecule has 0 aliphatic rings. The Balaban J connectivity index is 1.90. The minimum Gasteiger partial charge on any atom is -0.412 e. The van der Waals surface area contributed by atoms with Gasteiger partial charge in [-0.2, -0.15) is 4.57 Å². The summed E-state index contributed by atoms with van der Waals surface area (Å²) in [6.45, 7) is 1.37. The van der Waals surface area contributed by atoms with Crippen LogP contribution in [0.5, 0.6) is 0 Å².